The number of rotatable bonds is 3. The number of aryl methyl sites for hydroxylation is 2. The number of anilines is 1. The lowest BCUT2D eigenvalue weighted by Gasteiger charge is -2.07. The van der Waals surface area contributed by atoms with Crippen molar-refractivity contribution in [1.29, 1.82) is 0 Å². The van der Waals surface area contributed by atoms with Crippen molar-refractivity contribution in [1.82, 2.24) is 9.97 Å². The van der Waals surface area contributed by atoms with E-state index in [0.717, 1.165) is 22.5 Å². The summed E-state index contributed by atoms with van der Waals surface area (Å²) in [4.78, 5) is 11.2. The van der Waals surface area contributed by atoms with Crippen LogP contribution in [-0.4, -0.2) is 17.0 Å². The highest BCUT2D eigenvalue weighted by molar-refractivity contribution is 7.18. The Morgan fingerprint density at radius 1 is 1.29 bits per heavy atom. The molecule has 0 saturated heterocycles. The highest BCUT2D eigenvalue weighted by Gasteiger charge is 2.15. The largest absolute Gasteiger partial charge is 0.372 e. The summed E-state index contributed by atoms with van der Waals surface area (Å²) in [5.41, 5.74) is 1.04. The van der Waals surface area contributed by atoms with Gasteiger partial charge in [0.1, 0.15) is 16.5 Å². The first-order chi connectivity index (χ1) is 10.1. The van der Waals surface area contributed by atoms with Gasteiger partial charge in [0.15, 0.2) is 5.82 Å². The van der Waals surface area contributed by atoms with Crippen LogP contribution in [0.4, 0.5) is 10.2 Å². The molecule has 2 aromatic heterocycles. The second kappa shape index (κ2) is 5.41. The summed E-state index contributed by atoms with van der Waals surface area (Å²) in [6.07, 6.45) is 0.957. The molecule has 0 spiro atoms. The second-order valence-electron chi connectivity index (χ2n) is 4.87. The van der Waals surface area contributed by atoms with Crippen molar-refractivity contribution in [2.75, 3.05) is 12.4 Å². The van der Waals surface area contributed by atoms with Gasteiger partial charge >= 0.3 is 0 Å². The SMILES string of the molecule is CCc1cc2c(NC)nc(-c3cccc(C)c3F)nc2s1. The zero-order chi connectivity index (χ0) is 15.0. The van der Waals surface area contributed by atoms with E-state index in [2.05, 4.69) is 28.3 Å². The lowest BCUT2D eigenvalue weighted by molar-refractivity contribution is 0.621. The molecule has 21 heavy (non-hydrogen) atoms. The molecule has 1 N–H and O–H groups in total. The number of halogens is 1. The summed E-state index contributed by atoms with van der Waals surface area (Å²) in [5, 5.41) is 4.08. The Morgan fingerprint density at radius 2 is 2.10 bits per heavy atom. The molecule has 3 aromatic rings. The minimum absolute atomic E-state index is 0.258. The highest BCUT2D eigenvalue weighted by Crippen LogP contribution is 2.32. The normalized spacial score (nSPS) is 11.0. The number of nitrogens with one attached hydrogen (secondary N) is 1. The Morgan fingerprint density at radius 3 is 2.81 bits per heavy atom. The van der Waals surface area contributed by atoms with E-state index in [1.54, 1.807) is 30.4 Å². The van der Waals surface area contributed by atoms with Gasteiger partial charge in [0.05, 0.1) is 10.9 Å². The van der Waals surface area contributed by atoms with Crippen LogP contribution in [0.2, 0.25) is 0 Å². The average molecular weight is 301 g/mol. The number of thiophene rings is 1. The van der Waals surface area contributed by atoms with Gasteiger partial charge in [-0.25, -0.2) is 14.4 Å². The molecule has 0 aliphatic heterocycles. The summed E-state index contributed by atoms with van der Waals surface area (Å²) in [5.74, 6) is 0.913. The standard InChI is InChI=1S/C16H16FN3S/c1-4-10-8-12-14(18-3)19-15(20-16(12)21-10)11-7-5-6-9(2)13(11)17/h5-8H,4H2,1-3H3,(H,18,19,20). The van der Waals surface area contributed by atoms with Crippen LogP contribution in [0.15, 0.2) is 24.3 Å². The van der Waals surface area contributed by atoms with Crippen molar-refractivity contribution < 1.29 is 4.39 Å². The smallest absolute Gasteiger partial charge is 0.166 e. The molecule has 0 bridgehead atoms. The first-order valence-corrected chi connectivity index (χ1v) is 7.69. The van der Waals surface area contributed by atoms with Crippen LogP contribution in [0.1, 0.15) is 17.4 Å². The van der Waals surface area contributed by atoms with Gasteiger partial charge in [0.2, 0.25) is 0 Å². The van der Waals surface area contributed by atoms with Gasteiger partial charge in [-0.3, -0.25) is 0 Å². The summed E-state index contributed by atoms with van der Waals surface area (Å²) in [6, 6.07) is 7.39. The fraction of sp³-hybridized carbons (Fsp3) is 0.250. The van der Waals surface area contributed by atoms with Crippen molar-refractivity contribution >= 4 is 27.4 Å². The minimum Gasteiger partial charge on any atom is -0.372 e. The molecule has 0 aliphatic rings. The molecule has 0 radical (unpaired) electrons. The number of benzene rings is 1. The summed E-state index contributed by atoms with van der Waals surface area (Å²) in [7, 11) is 1.82. The third kappa shape index (κ3) is 2.38. The molecular weight excluding hydrogens is 285 g/mol. The molecule has 3 rings (SSSR count). The number of hydrogen-bond donors (Lipinski definition) is 1. The fourth-order valence-electron chi connectivity index (χ4n) is 2.28. The van der Waals surface area contributed by atoms with Crippen molar-refractivity contribution in [3.05, 3.63) is 40.5 Å². The molecule has 1 aromatic carbocycles. The molecule has 0 aliphatic carbocycles. The molecule has 0 saturated carbocycles. The summed E-state index contributed by atoms with van der Waals surface area (Å²) < 4.78 is 14.3. The van der Waals surface area contributed by atoms with E-state index in [-0.39, 0.29) is 5.82 Å². The highest BCUT2D eigenvalue weighted by atomic mass is 32.1. The fourth-order valence-corrected chi connectivity index (χ4v) is 3.24. The maximum Gasteiger partial charge on any atom is 0.166 e. The van der Waals surface area contributed by atoms with Crippen molar-refractivity contribution in [2.45, 2.75) is 20.3 Å². The molecule has 5 heteroatoms. The second-order valence-corrected chi connectivity index (χ2v) is 5.98. The van der Waals surface area contributed by atoms with Crippen LogP contribution in [0.3, 0.4) is 0 Å². The van der Waals surface area contributed by atoms with Crippen LogP contribution in [0, 0.1) is 12.7 Å². The van der Waals surface area contributed by atoms with Crippen molar-refractivity contribution in [3.8, 4) is 11.4 Å². The minimum atomic E-state index is -0.258. The number of hydrogen-bond acceptors (Lipinski definition) is 4. The van der Waals surface area contributed by atoms with E-state index < -0.39 is 0 Å². The Kier molecular flexibility index (Phi) is 3.59. The Balaban J connectivity index is 2.26. The van der Waals surface area contributed by atoms with Gasteiger partial charge in [-0.2, -0.15) is 0 Å². The van der Waals surface area contributed by atoms with Gasteiger partial charge < -0.3 is 5.32 Å². The monoisotopic (exact) mass is 301 g/mol. The third-order valence-electron chi connectivity index (χ3n) is 3.46. The Labute approximate surface area is 126 Å². The van der Waals surface area contributed by atoms with Crippen molar-refractivity contribution in [3.63, 3.8) is 0 Å². The molecule has 0 amide bonds. The van der Waals surface area contributed by atoms with E-state index in [1.807, 2.05) is 13.1 Å². The number of aromatic nitrogens is 2. The van der Waals surface area contributed by atoms with Gasteiger partial charge in [-0.1, -0.05) is 19.1 Å². The zero-order valence-corrected chi connectivity index (χ0v) is 13.0. The molecule has 0 atom stereocenters. The Hall–Kier alpha value is -2.01. The van der Waals surface area contributed by atoms with Crippen LogP contribution >= 0.6 is 11.3 Å². The lowest BCUT2D eigenvalue weighted by Crippen LogP contribution is -1.99. The number of nitrogens with zero attached hydrogens (tertiary/aromatic N) is 2. The van der Waals surface area contributed by atoms with Crippen LogP contribution in [0.25, 0.3) is 21.6 Å². The van der Waals surface area contributed by atoms with Crippen LogP contribution in [-0.2, 0) is 6.42 Å². The molecule has 0 fully saturated rings. The van der Waals surface area contributed by atoms with E-state index in [0.29, 0.717) is 17.0 Å². The Bertz CT molecular complexity index is 811. The van der Waals surface area contributed by atoms with Crippen LogP contribution < -0.4 is 5.32 Å². The van der Waals surface area contributed by atoms with Gasteiger partial charge in [0.25, 0.3) is 0 Å². The third-order valence-corrected chi connectivity index (χ3v) is 4.64. The average Bonchev–Trinajstić information content (AvgIpc) is 2.92. The number of fused-ring (bicyclic) bond motifs is 1. The molecule has 3 nitrogen and oxygen atoms in total. The molecule has 108 valence electrons. The molecule has 0 unspecified atom stereocenters. The topological polar surface area (TPSA) is 37.8 Å². The predicted molar refractivity (Wildman–Crippen MR) is 86.5 cm³/mol. The maximum atomic E-state index is 14.3. The van der Waals surface area contributed by atoms with E-state index in [4.69, 9.17) is 0 Å². The van der Waals surface area contributed by atoms with Crippen molar-refractivity contribution in [2.24, 2.45) is 0 Å². The quantitative estimate of drug-likeness (QED) is 0.778. The molecular formula is C16H16FN3S. The lowest BCUT2D eigenvalue weighted by atomic mass is 10.1. The first kappa shape index (κ1) is 13.9. The summed E-state index contributed by atoms with van der Waals surface area (Å²) >= 11 is 1.63. The molecule has 2 heterocycles. The predicted octanol–water partition coefficient (Wildman–Crippen LogP) is 4.41. The van der Waals surface area contributed by atoms with Crippen LogP contribution in [0.5, 0.6) is 0 Å². The first-order valence-electron chi connectivity index (χ1n) is 6.87. The van der Waals surface area contributed by atoms with E-state index in [1.165, 1.54) is 4.88 Å². The zero-order valence-electron chi connectivity index (χ0n) is 12.2. The van der Waals surface area contributed by atoms with Gasteiger partial charge in [-0.05, 0) is 31.0 Å². The maximum absolute atomic E-state index is 14.3. The van der Waals surface area contributed by atoms with E-state index >= 15 is 0 Å². The van der Waals surface area contributed by atoms with E-state index in [9.17, 15) is 4.39 Å². The van der Waals surface area contributed by atoms with Gasteiger partial charge in [-0.15, -0.1) is 11.3 Å². The van der Waals surface area contributed by atoms with Gasteiger partial charge in [0, 0.05) is 11.9 Å². The summed E-state index contributed by atoms with van der Waals surface area (Å²) in [6.45, 7) is 3.86.